The molecule has 33 heavy (non-hydrogen) atoms. The van der Waals surface area contributed by atoms with Crippen LogP contribution in [-0.4, -0.2) is 27.2 Å². The van der Waals surface area contributed by atoms with Gasteiger partial charge in [-0.1, -0.05) is 35.9 Å². The first kappa shape index (κ1) is 22.2. The van der Waals surface area contributed by atoms with Gasteiger partial charge in [0.25, 0.3) is 5.91 Å². The van der Waals surface area contributed by atoms with Crippen LogP contribution in [0.3, 0.4) is 0 Å². The third kappa shape index (κ3) is 4.23. The smallest absolute Gasteiger partial charge is 0.258 e. The second-order valence-electron chi connectivity index (χ2n) is 7.01. The second-order valence-corrected chi connectivity index (χ2v) is 7.44. The molecule has 0 saturated carbocycles. The molecule has 0 fully saturated rings. The van der Waals surface area contributed by atoms with Crippen LogP contribution in [0.5, 0.6) is 17.2 Å². The molecule has 0 unspecified atom stereocenters. The lowest BCUT2D eigenvalue weighted by Crippen LogP contribution is -2.17. The molecule has 0 bridgehead atoms. The Kier molecular flexibility index (Phi) is 6.24. The first-order valence-electron chi connectivity index (χ1n) is 9.90. The van der Waals surface area contributed by atoms with Crippen molar-refractivity contribution in [2.24, 2.45) is 0 Å². The fraction of sp³-hybridized carbons (Fsp3) is 0.120. The van der Waals surface area contributed by atoms with Crippen molar-refractivity contribution in [3.05, 3.63) is 81.5 Å². The van der Waals surface area contributed by atoms with E-state index in [0.29, 0.717) is 38.8 Å². The van der Waals surface area contributed by atoms with Crippen molar-refractivity contribution in [2.75, 3.05) is 26.6 Å². The topological polar surface area (TPSA) is 87.0 Å². The van der Waals surface area contributed by atoms with Gasteiger partial charge in [0.05, 0.1) is 32.3 Å². The van der Waals surface area contributed by atoms with Crippen LogP contribution in [0.2, 0.25) is 5.02 Å². The van der Waals surface area contributed by atoms with Crippen molar-refractivity contribution < 1.29 is 23.4 Å². The molecule has 3 aromatic carbocycles. The Labute approximate surface area is 194 Å². The van der Waals surface area contributed by atoms with Gasteiger partial charge in [0.15, 0.2) is 11.5 Å². The maximum atomic E-state index is 13.3. The number of carbonyl (C=O) groups excluding carboxylic acids is 1. The minimum atomic E-state index is -0.525. The fourth-order valence-electron chi connectivity index (χ4n) is 3.50. The molecule has 1 heterocycles. The van der Waals surface area contributed by atoms with Crippen molar-refractivity contribution in [3.8, 4) is 28.4 Å². The van der Waals surface area contributed by atoms with Crippen molar-refractivity contribution in [1.82, 2.24) is 0 Å². The fourth-order valence-corrected chi connectivity index (χ4v) is 3.62. The lowest BCUT2D eigenvalue weighted by atomic mass is 10.0. The number of hydrogen-bond donors (Lipinski definition) is 1. The van der Waals surface area contributed by atoms with Gasteiger partial charge in [0.1, 0.15) is 5.58 Å². The van der Waals surface area contributed by atoms with Crippen molar-refractivity contribution >= 4 is 34.4 Å². The first-order valence-corrected chi connectivity index (χ1v) is 10.3. The Bertz CT molecular complexity index is 1370. The van der Waals surface area contributed by atoms with Gasteiger partial charge >= 0.3 is 0 Å². The number of ether oxygens (including phenoxy) is 3. The summed E-state index contributed by atoms with van der Waals surface area (Å²) in [6.45, 7) is 0. The number of carbonyl (C=O) groups is 1. The van der Waals surface area contributed by atoms with E-state index in [-0.39, 0.29) is 22.4 Å². The minimum Gasteiger partial charge on any atom is -0.493 e. The van der Waals surface area contributed by atoms with Gasteiger partial charge in [0.2, 0.25) is 17.1 Å². The average molecular weight is 466 g/mol. The van der Waals surface area contributed by atoms with Crippen LogP contribution in [-0.2, 0) is 0 Å². The molecule has 0 aliphatic rings. The zero-order valence-corrected chi connectivity index (χ0v) is 18.9. The molecule has 0 atom stereocenters. The van der Waals surface area contributed by atoms with Gasteiger partial charge in [-0.2, -0.15) is 0 Å². The molecule has 0 aliphatic carbocycles. The SMILES string of the molecule is COc1cc(C(=O)Nc2oc3ccccc3c(=O)c2-c2ccc(Cl)cc2)cc(OC)c1OC. The predicted octanol–water partition coefficient (Wildman–Crippen LogP) is 5.39. The van der Waals surface area contributed by atoms with E-state index in [4.69, 9.17) is 30.2 Å². The molecule has 7 nitrogen and oxygen atoms in total. The molecule has 168 valence electrons. The summed E-state index contributed by atoms with van der Waals surface area (Å²) in [5.74, 6) is 0.484. The van der Waals surface area contributed by atoms with E-state index in [0.717, 1.165) is 0 Å². The maximum Gasteiger partial charge on any atom is 0.258 e. The van der Waals surface area contributed by atoms with E-state index in [1.807, 2.05) is 0 Å². The number of methoxy groups -OCH3 is 3. The highest BCUT2D eigenvalue weighted by atomic mass is 35.5. The molecule has 1 aromatic heterocycles. The quantitative estimate of drug-likeness (QED) is 0.410. The van der Waals surface area contributed by atoms with Gasteiger partial charge in [-0.05, 0) is 42.0 Å². The summed E-state index contributed by atoms with van der Waals surface area (Å²) in [5.41, 5.74) is 1.06. The number of hydrogen-bond acceptors (Lipinski definition) is 6. The third-order valence-electron chi connectivity index (χ3n) is 5.08. The molecule has 0 radical (unpaired) electrons. The summed E-state index contributed by atoms with van der Waals surface area (Å²) >= 11 is 6.01. The lowest BCUT2D eigenvalue weighted by Gasteiger charge is -2.15. The van der Waals surface area contributed by atoms with E-state index < -0.39 is 5.91 Å². The standard InChI is InChI=1S/C25H20ClNO6/c1-30-19-12-15(13-20(31-2)23(19)32-3)24(29)27-25-21(14-8-10-16(26)11-9-14)22(28)17-6-4-5-7-18(17)33-25/h4-13H,1-3H3,(H,27,29). The van der Waals surface area contributed by atoms with Crippen LogP contribution >= 0.6 is 11.6 Å². The molecule has 4 rings (SSSR count). The number of halogens is 1. The van der Waals surface area contributed by atoms with Gasteiger partial charge in [-0.25, -0.2) is 0 Å². The Morgan fingerprint density at radius 2 is 1.55 bits per heavy atom. The van der Waals surface area contributed by atoms with Crippen LogP contribution in [0.1, 0.15) is 10.4 Å². The number of amides is 1. The average Bonchev–Trinajstić information content (AvgIpc) is 2.84. The van der Waals surface area contributed by atoms with Crippen molar-refractivity contribution in [1.29, 1.82) is 0 Å². The monoisotopic (exact) mass is 465 g/mol. The van der Waals surface area contributed by atoms with Crippen LogP contribution < -0.4 is 25.0 Å². The number of benzene rings is 3. The molecule has 0 spiro atoms. The Hall–Kier alpha value is -3.97. The lowest BCUT2D eigenvalue weighted by molar-refractivity contribution is 0.102. The highest BCUT2D eigenvalue weighted by Crippen LogP contribution is 2.38. The van der Waals surface area contributed by atoms with Gasteiger partial charge in [-0.15, -0.1) is 0 Å². The highest BCUT2D eigenvalue weighted by molar-refractivity contribution is 6.30. The zero-order chi connectivity index (χ0) is 23.5. The molecule has 8 heteroatoms. The number of rotatable bonds is 6. The van der Waals surface area contributed by atoms with E-state index >= 15 is 0 Å². The third-order valence-corrected chi connectivity index (χ3v) is 5.34. The van der Waals surface area contributed by atoms with E-state index in [1.165, 1.54) is 33.5 Å². The van der Waals surface area contributed by atoms with Gasteiger partial charge < -0.3 is 18.6 Å². The number of fused-ring (bicyclic) bond motifs is 1. The summed E-state index contributed by atoms with van der Waals surface area (Å²) in [5, 5.41) is 3.64. The molecule has 4 aromatic rings. The Morgan fingerprint density at radius 1 is 0.909 bits per heavy atom. The van der Waals surface area contributed by atoms with Gasteiger partial charge in [0, 0.05) is 10.6 Å². The normalized spacial score (nSPS) is 10.7. The molecule has 0 aliphatic heterocycles. The largest absolute Gasteiger partial charge is 0.493 e. The number of nitrogens with one attached hydrogen (secondary N) is 1. The van der Waals surface area contributed by atoms with E-state index in [1.54, 1.807) is 48.5 Å². The Balaban J connectivity index is 1.85. The first-order chi connectivity index (χ1) is 16.0. The van der Waals surface area contributed by atoms with Crippen LogP contribution in [0, 0.1) is 0 Å². The second kappa shape index (κ2) is 9.26. The molecular weight excluding hydrogens is 446 g/mol. The highest BCUT2D eigenvalue weighted by Gasteiger charge is 2.21. The maximum absolute atomic E-state index is 13.3. The van der Waals surface area contributed by atoms with Crippen molar-refractivity contribution in [2.45, 2.75) is 0 Å². The van der Waals surface area contributed by atoms with E-state index in [2.05, 4.69) is 5.32 Å². The summed E-state index contributed by atoms with van der Waals surface area (Å²) < 4.78 is 21.9. The molecular formula is C25H20ClNO6. The van der Waals surface area contributed by atoms with Gasteiger partial charge in [-0.3, -0.25) is 14.9 Å². The zero-order valence-electron chi connectivity index (χ0n) is 18.1. The van der Waals surface area contributed by atoms with Crippen LogP contribution in [0.25, 0.3) is 22.1 Å². The van der Waals surface area contributed by atoms with Crippen LogP contribution in [0.4, 0.5) is 5.88 Å². The number of para-hydroxylation sites is 1. The van der Waals surface area contributed by atoms with E-state index in [9.17, 15) is 9.59 Å². The minimum absolute atomic E-state index is 0.0137. The molecule has 1 N–H and O–H groups in total. The predicted molar refractivity (Wildman–Crippen MR) is 127 cm³/mol. The summed E-state index contributed by atoms with van der Waals surface area (Å²) in [6.07, 6.45) is 0. The number of anilines is 1. The molecule has 0 saturated heterocycles. The van der Waals surface area contributed by atoms with Crippen LogP contribution in [0.15, 0.2) is 69.9 Å². The summed E-state index contributed by atoms with van der Waals surface area (Å²) in [6, 6.07) is 16.6. The summed E-state index contributed by atoms with van der Waals surface area (Å²) in [7, 11) is 4.39. The summed E-state index contributed by atoms with van der Waals surface area (Å²) in [4.78, 5) is 26.5. The molecule has 1 amide bonds. The van der Waals surface area contributed by atoms with Crippen molar-refractivity contribution in [3.63, 3.8) is 0 Å². The Morgan fingerprint density at radius 3 is 2.15 bits per heavy atom.